The molecule has 0 radical (unpaired) electrons. The van der Waals surface area contributed by atoms with E-state index in [-0.39, 0.29) is 12.3 Å². The van der Waals surface area contributed by atoms with Crippen molar-refractivity contribution in [2.45, 2.75) is 38.6 Å². The maximum absolute atomic E-state index is 11.4. The predicted octanol–water partition coefficient (Wildman–Crippen LogP) is 1.13. The molecule has 0 atom stereocenters. The summed E-state index contributed by atoms with van der Waals surface area (Å²) in [6, 6.07) is 5.94. The Balaban J connectivity index is 2.00. The van der Waals surface area contributed by atoms with Gasteiger partial charge in [-0.05, 0) is 12.8 Å². The van der Waals surface area contributed by atoms with Crippen molar-refractivity contribution in [1.82, 2.24) is 5.32 Å². The number of carbonyl (C=O) groups is 2. The smallest absolute Gasteiger partial charge is 0.303 e. The van der Waals surface area contributed by atoms with E-state index in [1.165, 1.54) is 0 Å². The summed E-state index contributed by atoms with van der Waals surface area (Å²) in [5.74, 6) is -0.822. The molecule has 1 aromatic heterocycles. The number of hydrogen-bond acceptors (Lipinski definition) is 2. The Morgan fingerprint density at radius 1 is 1.00 bits per heavy atom. The molecule has 0 saturated carbocycles. The first-order valence-electron chi connectivity index (χ1n) is 6.61. The van der Waals surface area contributed by atoms with Gasteiger partial charge in [0.25, 0.3) is 0 Å². The van der Waals surface area contributed by atoms with Gasteiger partial charge in [0, 0.05) is 37.9 Å². The summed E-state index contributed by atoms with van der Waals surface area (Å²) >= 11 is 0. The van der Waals surface area contributed by atoms with Crippen LogP contribution in [-0.2, 0) is 16.1 Å². The Labute approximate surface area is 113 Å². The van der Waals surface area contributed by atoms with Gasteiger partial charge in [0.15, 0.2) is 12.4 Å². The highest BCUT2D eigenvalue weighted by Gasteiger charge is 2.03. The standard InChI is InChI=1S/C14H20N2O3/c17-13(15-9-6-8-14(18)19)7-2-5-12-16-10-3-1-4-11-16/h1,3-4,10-11H,2,5-9,12H2,(H-,15,17,18,19)/p+1. The molecular formula is C14H21N2O3+. The minimum atomic E-state index is -0.825. The van der Waals surface area contributed by atoms with Crippen LogP contribution in [0.25, 0.3) is 0 Å². The number of carbonyl (C=O) groups excluding carboxylic acids is 1. The Morgan fingerprint density at radius 2 is 1.74 bits per heavy atom. The Kier molecular flexibility index (Phi) is 7.24. The maximum Gasteiger partial charge on any atom is 0.303 e. The minimum absolute atomic E-state index is 0.00319. The van der Waals surface area contributed by atoms with Crippen LogP contribution in [-0.4, -0.2) is 23.5 Å². The maximum atomic E-state index is 11.4. The van der Waals surface area contributed by atoms with Crippen LogP contribution in [0.4, 0.5) is 0 Å². The van der Waals surface area contributed by atoms with Crippen LogP contribution in [0, 0.1) is 0 Å². The summed E-state index contributed by atoms with van der Waals surface area (Å²) in [6.45, 7) is 1.35. The molecule has 0 unspecified atom stereocenters. The van der Waals surface area contributed by atoms with Gasteiger partial charge in [-0.3, -0.25) is 9.59 Å². The molecule has 0 aliphatic heterocycles. The molecule has 1 heterocycles. The van der Waals surface area contributed by atoms with Crippen LogP contribution in [0.3, 0.4) is 0 Å². The largest absolute Gasteiger partial charge is 0.481 e. The van der Waals surface area contributed by atoms with Crippen LogP contribution >= 0.6 is 0 Å². The van der Waals surface area contributed by atoms with E-state index in [1.807, 2.05) is 30.6 Å². The van der Waals surface area contributed by atoms with E-state index < -0.39 is 5.97 Å². The first kappa shape index (κ1) is 15.1. The van der Waals surface area contributed by atoms with E-state index in [0.717, 1.165) is 19.4 Å². The topological polar surface area (TPSA) is 70.3 Å². The molecule has 2 N–H and O–H groups in total. The number of aromatic nitrogens is 1. The average molecular weight is 265 g/mol. The third kappa shape index (κ3) is 7.91. The number of rotatable bonds is 9. The summed E-state index contributed by atoms with van der Waals surface area (Å²) in [4.78, 5) is 21.7. The van der Waals surface area contributed by atoms with Crippen molar-refractivity contribution in [2.75, 3.05) is 6.54 Å². The summed E-state index contributed by atoms with van der Waals surface area (Å²) in [5.41, 5.74) is 0. The molecule has 1 aromatic rings. The van der Waals surface area contributed by atoms with Crippen molar-refractivity contribution >= 4 is 11.9 Å². The molecule has 1 amide bonds. The molecular weight excluding hydrogens is 244 g/mol. The van der Waals surface area contributed by atoms with E-state index >= 15 is 0 Å². The molecule has 0 fully saturated rings. The minimum Gasteiger partial charge on any atom is -0.481 e. The van der Waals surface area contributed by atoms with Gasteiger partial charge >= 0.3 is 5.97 Å². The normalized spacial score (nSPS) is 10.1. The Bertz CT molecular complexity index is 393. The number of carboxylic acids is 1. The van der Waals surface area contributed by atoms with Gasteiger partial charge in [0.1, 0.15) is 6.54 Å². The average Bonchev–Trinajstić information content (AvgIpc) is 2.41. The van der Waals surface area contributed by atoms with Gasteiger partial charge in [-0.15, -0.1) is 0 Å². The number of hydrogen-bond donors (Lipinski definition) is 2. The second-order valence-corrected chi connectivity index (χ2v) is 4.42. The van der Waals surface area contributed by atoms with Crippen molar-refractivity contribution in [3.05, 3.63) is 30.6 Å². The molecule has 0 spiro atoms. The fourth-order valence-electron chi connectivity index (χ4n) is 1.72. The second kappa shape index (κ2) is 9.08. The molecule has 0 saturated heterocycles. The lowest BCUT2D eigenvalue weighted by Gasteiger charge is -2.03. The number of nitrogens with one attached hydrogen (secondary N) is 1. The summed E-state index contributed by atoms with van der Waals surface area (Å²) in [7, 11) is 0. The molecule has 0 aliphatic rings. The Morgan fingerprint density at radius 3 is 2.42 bits per heavy atom. The first-order valence-corrected chi connectivity index (χ1v) is 6.61. The predicted molar refractivity (Wildman–Crippen MR) is 70.4 cm³/mol. The molecule has 0 aliphatic carbocycles. The second-order valence-electron chi connectivity index (χ2n) is 4.42. The third-order valence-electron chi connectivity index (χ3n) is 2.74. The highest BCUT2D eigenvalue weighted by atomic mass is 16.4. The van der Waals surface area contributed by atoms with Crippen molar-refractivity contribution in [3.8, 4) is 0 Å². The lowest BCUT2D eigenvalue weighted by atomic mass is 10.2. The summed E-state index contributed by atoms with van der Waals surface area (Å²) < 4.78 is 2.09. The van der Waals surface area contributed by atoms with Gasteiger partial charge in [0.05, 0.1) is 0 Å². The van der Waals surface area contributed by atoms with Crippen molar-refractivity contribution in [1.29, 1.82) is 0 Å². The molecule has 5 nitrogen and oxygen atoms in total. The van der Waals surface area contributed by atoms with Crippen molar-refractivity contribution in [2.24, 2.45) is 0 Å². The fourth-order valence-corrected chi connectivity index (χ4v) is 1.72. The number of carboxylic acid groups (broad SMARTS) is 1. The van der Waals surface area contributed by atoms with E-state index in [0.29, 0.717) is 19.4 Å². The van der Waals surface area contributed by atoms with Crippen molar-refractivity contribution < 1.29 is 19.3 Å². The Hall–Kier alpha value is -1.91. The highest BCUT2D eigenvalue weighted by Crippen LogP contribution is 1.96. The van der Waals surface area contributed by atoms with Gasteiger partial charge in [-0.25, -0.2) is 4.57 Å². The van der Waals surface area contributed by atoms with Gasteiger partial charge in [0.2, 0.25) is 5.91 Å². The van der Waals surface area contributed by atoms with E-state index in [4.69, 9.17) is 5.11 Å². The number of nitrogens with zero attached hydrogens (tertiary/aromatic N) is 1. The zero-order chi connectivity index (χ0) is 13.9. The van der Waals surface area contributed by atoms with Crippen molar-refractivity contribution in [3.63, 3.8) is 0 Å². The fraction of sp³-hybridized carbons (Fsp3) is 0.500. The van der Waals surface area contributed by atoms with E-state index in [1.54, 1.807) is 0 Å². The number of amides is 1. The molecule has 104 valence electrons. The molecule has 0 bridgehead atoms. The molecule has 1 rings (SSSR count). The summed E-state index contributed by atoms with van der Waals surface area (Å²) in [5, 5.41) is 11.2. The van der Waals surface area contributed by atoms with E-state index in [9.17, 15) is 9.59 Å². The van der Waals surface area contributed by atoms with Crippen LogP contribution < -0.4 is 9.88 Å². The zero-order valence-electron chi connectivity index (χ0n) is 11.0. The number of aryl methyl sites for hydroxylation is 1. The zero-order valence-corrected chi connectivity index (χ0v) is 11.0. The number of pyridine rings is 1. The van der Waals surface area contributed by atoms with Crippen LogP contribution in [0.15, 0.2) is 30.6 Å². The molecule has 5 heteroatoms. The van der Waals surface area contributed by atoms with Crippen LogP contribution in [0.5, 0.6) is 0 Å². The lowest BCUT2D eigenvalue weighted by Crippen LogP contribution is -2.32. The van der Waals surface area contributed by atoms with Crippen LogP contribution in [0.2, 0.25) is 0 Å². The quantitative estimate of drug-likeness (QED) is 0.519. The number of aliphatic carboxylic acids is 1. The van der Waals surface area contributed by atoms with Gasteiger partial charge in [-0.1, -0.05) is 6.07 Å². The monoisotopic (exact) mass is 265 g/mol. The molecule has 0 aromatic carbocycles. The summed E-state index contributed by atoms with van der Waals surface area (Å²) in [6.07, 6.45) is 6.90. The van der Waals surface area contributed by atoms with Gasteiger partial charge < -0.3 is 10.4 Å². The lowest BCUT2D eigenvalue weighted by molar-refractivity contribution is -0.697. The highest BCUT2D eigenvalue weighted by molar-refractivity contribution is 5.75. The first-order chi connectivity index (χ1) is 9.18. The third-order valence-corrected chi connectivity index (χ3v) is 2.74. The van der Waals surface area contributed by atoms with E-state index in [2.05, 4.69) is 9.88 Å². The van der Waals surface area contributed by atoms with Crippen LogP contribution in [0.1, 0.15) is 32.1 Å². The van der Waals surface area contributed by atoms with Gasteiger partial charge in [-0.2, -0.15) is 0 Å². The SMILES string of the molecule is O=C(O)CCCNC(=O)CCCC[n+]1ccccc1. The molecule has 19 heavy (non-hydrogen) atoms. The number of unbranched alkanes of at least 4 members (excludes halogenated alkanes) is 1.